The predicted molar refractivity (Wildman–Crippen MR) is 174 cm³/mol. The summed E-state index contributed by atoms with van der Waals surface area (Å²) in [6.45, 7) is 16.7. The van der Waals surface area contributed by atoms with E-state index in [1.807, 2.05) is 0 Å². The fourth-order valence-electron chi connectivity index (χ4n) is 6.32. The summed E-state index contributed by atoms with van der Waals surface area (Å²) in [5, 5.41) is 0.647. The van der Waals surface area contributed by atoms with Gasteiger partial charge in [-0.3, -0.25) is 14.3 Å². The van der Waals surface area contributed by atoms with Crippen LogP contribution in [0.25, 0.3) is 11.1 Å². The zero-order chi connectivity index (χ0) is 31.7. The molecule has 0 amide bonds. The smallest absolute Gasteiger partial charge is 0.260 e. The van der Waals surface area contributed by atoms with Crippen molar-refractivity contribution in [2.24, 2.45) is 0 Å². The van der Waals surface area contributed by atoms with Crippen LogP contribution in [-0.2, 0) is 6.42 Å². The lowest BCUT2D eigenvalue weighted by Gasteiger charge is -2.37. The first-order chi connectivity index (χ1) is 21.0. The van der Waals surface area contributed by atoms with Crippen LogP contribution in [0.3, 0.4) is 0 Å². The molecule has 5 nitrogen and oxygen atoms in total. The molecule has 2 aliphatic rings. The van der Waals surface area contributed by atoms with Crippen LogP contribution in [0.2, 0.25) is 0 Å². The number of benzene rings is 2. The summed E-state index contributed by atoms with van der Waals surface area (Å²) in [6, 6.07) is 11.0. The molecule has 0 N–H and O–H groups in total. The van der Waals surface area contributed by atoms with Crippen molar-refractivity contribution in [2.45, 2.75) is 38.3 Å². The van der Waals surface area contributed by atoms with Crippen molar-refractivity contribution in [3.05, 3.63) is 111 Å². The molecule has 1 saturated heterocycles. The van der Waals surface area contributed by atoms with Crippen LogP contribution in [0.15, 0.2) is 82.7 Å². The van der Waals surface area contributed by atoms with Crippen LogP contribution in [0.4, 0.5) is 18.9 Å². The molecule has 1 aromatic heterocycles. The van der Waals surface area contributed by atoms with Gasteiger partial charge in [0.25, 0.3) is 5.56 Å². The van der Waals surface area contributed by atoms with E-state index in [9.17, 15) is 13.6 Å². The second-order valence-electron chi connectivity index (χ2n) is 11.5. The highest BCUT2D eigenvalue weighted by molar-refractivity contribution is 7.99. The van der Waals surface area contributed by atoms with E-state index in [0.717, 1.165) is 32.3 Å². The van der Waals surface area contributed by atoms with Crippen molar-refractivity contribution in [3.63, 3.8) is 0 Å². The number of methoxy groups -OCH3 is 1. The molecule has 3 heterocycles. The van der Waals surface area contributed by atoms with Crippen LogP contribution >= 0.6 is 11.8 Å². The molecule has 5 rings (SSSR count). The maximum absolute atomic E-state index is 15.6. The van der Waals surface area contributed by atoms with Gasteiger partial charge in [-0.15, -0.1) is 11.8 Å². The van der Waals surface area contributed by atoms with Crippen LogP contribution in [-0.4, -0.2) is 55.1 Å². The van der Waals surface area contributed by atoms with Crippen molar-refractivity contribution >= 4 is 17.4 Å². The van der Waals surface area contributed by atoms with Crippen molar-refractivity contribution in [1.29, 1.82) is 0 Å². The van der Waals surface area contributed by atoms with Gasteiger partial charge in [0.15, 0.2) is 11.6 Å². The van der Waals surface area contributed by atoms with E-state index in [0.29, 0.717) is 28.5 Å². The molecule has 2 aromatic carbocycles. The van der Waals surface area contributed by atoms with Crippen LogP contribution < -0.4 is 15.2 Å². The Bertz CT molecular complexity index is 1690. The Morgan fingerprint density at radius 3 is 2.39 bits per heavy atom. The Labute approximate surface area is 261 Å². The Hall–Kier alpha value is -3.69. The van der Waals surface area contributed by atoms with E-state index in [4.69, 9.17) is 4.74 Å². The molecule has 0 aliphatic carbocycles. The van der Waals surface area contributed by atoms with Gasteiger partial charge in [0.1, 0.15) is 11.7 Å². The maximum Gasteiger partial charge on any atom is 0.260 e. The molecule has 0 bridgehead atoms. The van der Waals surface area contributed by atoms with Crippen molar-refractivity contribution in [2.75, 3.05) is 50.5 Å². The second-order valence-corrected chi connectivity index (χ2v) is 12.5. The SMILES string of the molecule is C=C/C(F)=C(/Cc1c(C)c(-c2cccc(OC)c2F)c(=O)n2c1SCC2CN1CCN(c2cc(C)cc(C)c2)CC1)C(=C)F. The number of pyridine rings is 1. The Morgan fingerprint density at radius 2 is 1.77 bits per heavy atom. The summed E-state index contributed by atoms with van der Waals surface area (Å²) >= 11 is 1.49. The van der Waals surface area contributed by atoms with Gasteiger partial charge in [-0.2, -0.15) is 0 Å². The first-order valence-electron chi connectivity index (χ1n) is 14.7. The largest absolute Gasteiger partial charge is 0.494 e. The number of aromatic nitrogens is 1. The number of ether oxygens (including phenoxy) is 1. The molecule has 1 unspecified atom stereocenters. The molecule has 2 aliphatic heterocycles. The summed E-state index contributed by atoms with van der Waals surface area (Å²) in [4.78, 5) is 19.0. The van der Waals surface area contributed by atoms with Crippen molar-refractivity contribution in [3.8, 4) is 16.9 Å². The Morgan fingerprint density at radius 1 is 1.09 bits per heavy atom. The fraction of sp³-hybridized carbons (Fsp3) is 0.343. The number of hydrogen-bond donors (Lipinski definition) is 0. The van der Waals surface area contributed by atoms with E-state index >= 15 is 4.39 Å². The lowest BCUT2D eigenvalue weighted by molar-refractivity contribution is 0.224. The number of hydrogen-bond acceptors (Lipinski definition) is 5. The zero-order valence-electron chi connectivity index (χ0n) is 25.7. The molecule has 3 aromatic rings. The van der Waals surface area contributed by atoms with Crippen LogP contribution in [0.5, 0.6) is 5.75 Å². The number of fused-ring (bicyclic) bond motifs is 1. The maximum atomic E-state index is 15.6. The average molecular weight is 622 g/mol. The molecule has 1 atom stereocenters. The number of rotatable bonds is 9. The molecule has 1 fully saturated rings. The molecule has 44 heavy (non-hydrogen) atoms. The number of anilines is 1. The highest BCUT2D eigenvalue weighted by Gasteiger charge is 2.34. The monoisotopic (exact) mass is 621 g/mol. The number of allylic oxidation sites excluding steroid dienone is 4. The number of halogens is 3. The molecule has 0 radical (unpaired) electrons. The number of thioether (sulfide) groups is 1. The Kier molecular flexibility index (Phi) is 9.46. The number of aryl methyl sites for hydroxylation is 2. The highest BCUT2D eigenvalue weighted by Crippen LogP contribution is 2.41. The predicted octanol–water partition coefficient (Wildman–Crippen LogP) is 7.49. The third-order valence-electron chi connectivity index (χ3n) is 8.53. The lowest BCUT2D eigenvalue weighted by Crippen LogP contribution is -2.48. The van der Waals surface area contributed by atoms with Crippen LogP contribution in [0, 0.1) is 26.6 Å². The van der Waals surface area contributed by atoms with E-state index in [-0.39, 0.29) is 40.5 Å². The van der Waals surface area contributed by atoms with Gasteiger partial charge >= 0.3 is 0 Å². The summed E-state index contributed by atoms with van der Waals surface area (Å²) < 4.78 is 51.8. The van der Waals surface area contributed by atoms with Gasteiger partial charge < -0.3 is 9.64 Å². The topological polar surface area (TPSA) is 37.7 Å². The third kappa shape index (κ3) is 6.13. The minimum Gasteiger partial charge on any atom is -0.494 e. The van der Waals surface area contributed by atoms with Gasteiger partial charge in [-0.1, -0.05) is 31.4 Å². The summed E-state index contributed by atoms with van der Waals surface area (Å²) in [5.41, 5.74) is 4.41. The normalized spacial score (nSPS) is 17.3. The van der Waals surface area contributed by atoms with Gasteiger partial charge in [0, 0.05) is 61.7 Å². The average Bonchev–Trinajstić information content (AvgIpc) is 3.41. The highest BCUT2D eigenvalue weighted by atomic mass is 32.2. The Balaban J connectivity index is 1.53. The van der Waals surface area contributed by atoms with Gasteiger partial charge in [-0.25, -0.2) is 13.2 Å². The summed E-state index contributed by atoms with van der Waals surface area (Å²) in [7, 11) is 1.37. The van der Waals surface area contributed by atoms with Gasteiger partial charge in [0.2, 0.25) is 0 Å². The lowest BCUT2D eigenvalue weighted by atomic mass is 9.93. The van der Waals surface area contributed by atoms with E-state index in [1.54, 1.807) is 17.6 Å². The molecule has 9 heteroatoms. The fourth-order valence-corrected chi connectivity index (χ4v) is 7.69. The quantitative estimate of drug-likeness (QED) is 0.232. The van der Waals surface area contributed by atoms with Gasteiger partial charge in [-0.05, 0) is 67.3 Å². The van der Waals surface area contributed by atoms with E-state index < -0.39 is 17.5 Å². The minimum absolute atomic E-state index is 0.0105. The van der Waals surface area contributed by atoms with E-state index in [2.05, 4.69) is 55.0 Å². The first-order valence-corrected chi connectivity index (χ1v) is 15.7. The third-order valence-corrected chi connectivity index (χ3v) is 9.80. The summed E-state index contributed by atoms with van der Waals surface area (Å²) in [6.07, 6.45) is 0.794. The molecule has 0 spiro atoms. The van der Waals surface area contributed by atoms with Crippen molar-refractivity contribution in [1.82, 2.24) is 9.47 Å². The first kappa shape index (κ1) is 31.7. The van der Waals surface area contributed by atoms with Crippen LogP contribution in [0.1, 0.15) is 28.3 Å². The second kappa shape index (κ2) is 13.1. The van der Waals surface area contributed by atoms with Gasteiger partial charge in [0.05, 0.1) is 23.7 Å². The summed E-state index contributed by atoms with van der Waals surface area (Å²) in [5.74, 6) is -1.77. The van der Waals surface area contributed by atoms with E-state index in [1.165, 1.54) is 47.8 Å². The molecular formula is C35H38F3N3O2S. The zero-order valence-corrected chi connectivity index (χ0v) is 26.5. The number of piperazine rings is 1. The molecule has 0 saturated carbocycles. The minimum atomic E-state index is -0.915. The number of nitrogens with zero attached hydrogens (tertiary/aromatic N) is 3. The standard InChI is InChI=1S/C35H38F3N3O2S/c1-7-30(37)29(24(5)36)18-28-23(4)32(27-9-8-10-31(43-6)33(27)38)34(42)41-26(20-44-35(28)41)19-39-11-13-40(14-12-39)25-16-21(2)15-22(3)17-25/h7-10,15-17,26H,1,5,11-14,18-20H2,2-4,6H3/b30-29+. The molecule has 232 valence electrons. The van der Waals surface area contributed by atoms with Crippen molar-refractivity contribution < 1.29 is 17.9 Å². The molecular weight excluding hydrogens is 583 g/mol.